The number of benzene rings is 2. The van der Waals surface area contributed by atoms with E-state index < -0.39 is 0 Å². The van der Waals surface area contributed by atoms with Gasteiger partial charge in [0.1, 0.15) is 11.5 Å². The van der Waals surface area contributed by atoms with Crippen LogP contribution >= 0.6 is 0 Å². The van der Waals surface area contributed by atoms with E-state index in [0.29, 0.717) is 24.5 Å². The normalized spacial score (nSPS) is 10.5. The van der Waals surface area contributed by atoms with Crippen LogP contribution in [0.25, 0.3) is 6.08 Å². The zero-order chi connectivity index (χ0) is 19.6. The summed E-state index contributed by atoms with van der Waals surface area (Å²) in [5, 5.41) is 2.86. The molecule has 1 amide bonds. The van der Waals surface area contributed by atoms with Crippen LogP contribution in [0.3, 0.4) is 0 Å². The third-order valence-corrected chi connectivity index (χ3v) is 3.96. The lowest BCUT2D eigenvalue weighted by atomic mass is 10.1. The van der Waals surface area contributed by atoms with Crippen LogP contribution in [-0.4, -0.2) is 40.9 Å². The Bertz CT molecular complexity index is 779. The van der Waals surface area contributed by atoms with E-state index in [2.05, 4.69) is 5.32 Å². The number of methoxy groups -OCH3 is 4. The van der Waals surface area contributed by atoms with Gasteiger partial charge in [-0.3, -0.25) is 4.79 Å². The first-order chi connectivity index (χ1) is 13.1. The molecule has 0 aliphatic carbocycles. The summed E-state index contributed by atoms with van der Waals surface area (Å²) < 4.78 is 21.0. The minimum Gasteiger partial charge on any atom is -0.497 e. The Morgan fingerprint density at radius 3 is 2.15 bits per heavy atom. The Labute approximate surface area is 159 Å². The van der Waals surface area contributed by atoms with E-state index in [1.807, 2.05) is 30.3 Å². The molecule has 0 radical (unpaired) electrons. The summed E-state index contributed by atoms with van der Waals surface area (Å²) in [6.45, 7) is 0.505. The van der Waals surface area contributed by atoms with Crippen molar-refractivity contribution >= 4 is 12.0 Å². The fraction of sp³-hybridized carbons (Fsp3) is 0.286. The molecule has 0 bridgehead atoms. The molecule has 27 heavy (non-hydrogen) atoms. The second-order valence-corrected chi connectivity index (χ2v) is 5.71. The second-order valence-electron chi connectivity index (χ2n) is 5.71. The molecule has 6 heteroatoms. The Hall–Kier alpha value is -3.15. The Balaban J connectivity index is 1.90. The Kier molecular flexibility index (Phi) is 7.55. The van der Waals surface area contributed by atoms with Crippen LogP contribution < -0.4 is 24.3 Å². The molecular weight excluding hydrogens is 346 g/mol. The quantitative estimate of drug-likeness (QED) is 0.686. The van der Waals surface area contributed by atoms with Gasteiger partial charge in [-0.05, 0) is 47.9 Å². The monoisotopic (exact) mass is 371 g/mol. The summed E-state index contributed by atoms with van der Waals surface area (Å²) in [6, 6.07) is 11.1. The maximum atomic E-state index is 12.0. The topological polar surface area (TPSA) is 66.0 Å². The van der Waals surface area contributed by atoms with E-state index in [9.17, 15) is 4.79 Å². The summed E-state index contributed by atoms with van der Waals surface area (Å²) in [6.07, 6.45) is 3.89. The summed E-state index contributed by atoms with van der Waals surface area (Å²) in [7, 11) is 6.38. The van der Waals surface area contributed by atoms with E-state index in [1.54, 1.807) is 40.6 Å². The minimum atomic E-state index is -0.167. The van der Waals surface area contributed by atoms with Crippen LogP contribution in [0.2, 0.25) is 0 Å². The predicted molar refractivity (Wildman–Crippen MR) is 105 cm³/mol. The molecule has 0 aromatic heterocycles. The Morgan fingerprint density at radius 2 is 1.56 bits per heavy atom. The molecule has 0 aliphatic rings. The summed E-state index contributed by atoms with van der Waals surface area (Å²) >= 11 is 0. The van der Waals surface area contributed by atoms with Crippen LogP contribution in [0.1, 0.15) is 11.1 Å². The number of rotatable bonds is 9. The maximum absolute atomic E-state index is 12.0. The number of carbonyl (C=O) groups is 1. The standard InChI is InChI=1S/C21H25NO5/c1-24-17-11-16(12-18(14-17)25-2)9-10-22-21(23)8-6-15-5-7-19(26-3)20(13-15)27-4/h5-8,11-14H,9-10H2,1-4H3,(H,22,23). The number of hydrogen-bond acceptors (Lipinski definition) is 5. The van der Waals surface area contributed by atoms with Gasteiger partial charge < -0.3 is 24.3 Å². The van der Waals surface area contributed by atoms with Gasteiger partial charge >= 0.3 is 0 Å². The van der Waals surface area contributed by atoms with Crippen molar-refractivity contribution in [2.45, 2.75) is 6.42 Å². The first-order valence-electron chi connectivity index (χ1n) is 8.49. The van der Waals surface area contributed by atoms with E-state index in [0.717, 1.165) is 22.6 Å². The fourth-order valence-electron chi connectivity index (χ4n) is 2.53. The minimum absolute atomic E-state index is 0.167. The predicted octanol–water partition coefficient (Wildman–Crippen LogP) is 3.09. The van der Waals surface area contributed by atoms with Crippen molar-refractivity contribution in [3.63, 3.8) is 0 Å². The highest BCUT2D eigenvalue weighted by molar-refractivity contribution is 5.91. The average molecular weight is 371 g/mol. The molecule has 0 atom stereocenters. The smallest absolute Gasteiger partial charge is 0.244 e. The molecule has 0 fully saturated rings. The molecule has 1 N–H and O–H groups in total. The number of ether oxygens (including phenoxy) is 4. The zero-order valence-electron chi connectivity index (χ0n) is 16.1. The number of nitrogens with one attached hydrogen (secondary N) is 1. The molecule has 2 rings (SSSR count). The van der Waals surface area contributed by atoms with Crippen molar-refractivity contribution in [2.75, 3.05) is 35.0 Å². The third-order valence-electron chi connectivity index (χ3n) is 3.96. The highest BCUT2D eigenvalue weighted by Crippen LogP contribution is 2.28. The van der Waals surface area contributed by atoms with Gasteiger partial charge in [-0.2, -0.15) is 0 Å². The Morgan fingerprint density at radius 1 is 0.889 bits per heavy atom. The van der Waals surface area contributed by atoms with Crippen molar-refractivity contribution < 1.29 is 23.7 Å². The van der Waals surface area contributed by atoms with Gasteiger partial charge in [0.15, 0.2) is 11.5 Å². The second kappa shape index (κ2) is 10.1. The molecule has 6 nitrogen and oxygen atoms in total. The van der Waals surface area contributed by atoms with Crippen LogP contribution in [0, 0.1) is 0 Å². The van der Waals surface area contributed by atoms with Crippen LogP contribution in [-0.2, 0) is 11.2 Å². The summed E-state index contributed by atoms with van der Waals surface area (Å²) in [4.78, 5) is 12.0. The molecular formula is C21H25NO5. The van der Waals surface area contributed by atoms with E-state index in [4.69, 9.17) is 18.9 Å². The molecule has 0 saturated carbocycles. The van der Waals surface area contributed by atoms with Gasteiger partial charge in [-0.25, -0.2) is 0 Å². The number of hydrogen-bond donors (Lipinski definition) is 1. The van der Waals surface area contributed by atoms with Gasteiger partial charge in [0.25, 0.3) is 0 Å². The van der Waals surface area contributed by atoms with Crippen molar-refractivity contribution in [3.8, 4) is 23.0 Å². The molecule has 2 aromatic carbocycles. The molecule has 0 spiro atoms. The molecule has 2 aromatic rings. The highest BCUT2D eigenvalue weighted by Gasteiger charge is 2.04. The summed E-state index contributed by atoms with van der Waals surface area (Å²) in [5.74, 6) is 2.55. The molecule has 0 saturated heterocycles. The van der Waals surface area contributed by atoms with Crippen LogP contribution in [0.4, 0.5) is 0 Å². The molecule has 0 aliphatic heterocycles. The number of carbonyl (C=O) groups excluding carboxylic acids is 1. The van der Waals surface area contributed by atoms with Crippen LogP contribution in [0.5, 0.6) is 23.0 Å². The van der Waals surface area contributed by atoms with Gasteiger partial charge in [0.2, 0.25) is 5.91 Å². The van der Waals surface area contributed by atoms with Gasteiger partial charge in [-0.15, -0.1) is 0 Å². The SMILES string of the molecule is COc1cc(CCNC(=O)C=Cc2ccc(OC)c(OC)c2)cc(OC)c1. The van der Waals surface area contributed by atoms with Gasteiger partial charge in [-0.1, -0.05) is 6.07 Å². The van der Waals surface area contributed by atoms with Crippen molar-refractivity contribution in [1.82, 2.24) is 5.32 Å². The molecule has 0 heterocycles. The van der Waals surface area contributed by atoms with E-state index in [1.165, 1.54) is 6.08 Å². The zero-order valence-corrected chi connectivity index (χ0v) is 16.1. The van der Waals surface area contributed by atoms with E-state index >= 15 is 0 Å². The van der Waals surface area contributed by atoms with Gasteiger partial charge in [0, 0.05) is 18.7 Å². The van der Waals surface area contributed by atoms with Crippen molar-refractivity contribution in [3.05, 3.63) is 53.6 Å². The first kappa shape index (κ1) is 20.2. The van der Waals surface area contributed by atoms with E-state index in [-0.39, 0.29) is 5.91 Å². The largest absolute Gasteiger partial charge is 0.497 e. The lowest BCUT2D eigenvalue weighted by Gasteiger charge is -2.09. The molecule has 144 valence electrons. The van der Waals surface area contributed by atoms with Crippen molar-refractivity contribution in [1.29, 1.82) is 0 Å². The van der Waals surface area contributed by atoms with Crippen LogP contribution in [0.15, 0.2) is 42.5 Å². The third kappa shape index (κ3) is 5.95. The first-order valence-corrected chi connectivity index (χ1v) is 8.49. The molecule has 0 unspecified atom stereocenters. The highest BCUT2D eigenvalue weighted by atomic mass is 16.5. The summed E-state index contributed by atoms with van der Waals surface area (Å²) in [5.41, 5.74) is 1.87. The fourth-order valence-corrected chi connectivity index (χ4v) is 2.53. The lowest BCUT2D eigenvalue weighted by molar-refractivity contribution is -0.116. The van der Waals surface area contributed by atoms with Gasteiger partial charge in [0.05, 0.1) is 28.4 Å². The lowest BCUT2D eigenvalue weighted by Crippen LogP contribution is -2.23. The maximum Gasteiger partial charge on any atom is 0.244 e. The average Bonchev–Trinajstić information content (AvgIpc) is 2.71. The van der Waals surface area contributed by atoms with Crippen molar-refractivity contribution in [2.24, 2.45) is 0 Å². The number of amides is 1.